The van der Waals surface area contributed by atoms with Gasteiger partial charge in [-0.05, 0) is 25.5 Å². The molecule has 18 heavy (non-hydrogen) atoms. The molecule has 2 atom stereocenters. The molecule has 0 saturated carbocycles. The van der Waals surface area contributed by atoms with E-state index in [1.54, 1.807) is 0 Å². The standard InChI is InChI=1S/C15H20O3/c1-3-7-13(17-4-2)15(16)14-10-11-8-5-6-9-12(11)18-14/h5-6,8-10,13,15-16H,3-4,7H2,1-2H3. The molecule has 1 aromatic carbocycles. The monoisotopic (exact) mass is 248 g/mol. The zero-order chi connectivity index (χ0) is 13.0. The Bertz CT molecular complexity index is 450. The van der Waals surface area contributed by atoms with E-state index in [9.17, 15) is 5.11 Å². The van der Waals surface area contributed by atoms with Crippen molar-refractivity contribution >= 4 is 11.0 Å². The van der Waals surface area contributed by atoms with Gasteiger partial charge in [-0.15, -0.1) is 0 Å². The molecule has 0 bridgehead atoms. The van der Waals surface area contributed by atoms with Crippen LogP contribution in [0.3, 0.4) is 0 Å². The lowest BCUT2D eigenvalue weighted by molar-refractivity contribution is -0.0463. The second-order valence-corrected chi connectivity index (χ2v) is 4.41. The Morgan fingerprint density at radius 3 is 2.72 bits per heavy atom. The lowest BCUT2D eigenvalue weighted by atomic mass is 10.1. The van der Waals surface area contributed by atoms with Crippen LogP contribution in [0.25, 0.3) is 11.0 Å². The summed E-state index contributed by atoms with van der Waals surface area (Å²) in [6, 6.07) is 9.65. The molecule has 0 saturated heterocycles. The van der Waals surface area contributed by atoms with Gasteiger partial charge < -0.3 is 14.3 Å². The van der Waals surface area contributed by atoms with Gasteiger partial charge in [0, 0.05) is 12.0 Å². The van der Waals surface area contributed by atoms with E-state index in [1.165, 1.54) is 0 Å². The Hall–Kier alpha value is -1.32. The molecule has 1 N–H and O–H groups in total. The van der Waals surface area contributed by atoms with Crippen LogP contribution in [-0.2, 0) is 4.74 Å². The largest absolute Gasteiger partial charge is 0.458 e. The van der Waals surface area contributed by atoms with E-state index < -0.39 is 6.10 Å². The van der Waals surface area contributed by atoms with Crippen LogP contribution in [0.2, 0.25) is 0 Å². The van der Waals surface area contributed by atoms with Crippen LogP contribution >= 0.6 is 0 Å². The highest BCUT2D eigenvalue weighted by atomic mass is 16.5. The SMILES string of the molecule is CCCC(OCC)C(O)c1cc2ccccc2o1. The molecule has 3 heteroatoms. The molecule has 1 aromatic heterocycles. The van der Waals surface area contributed by atoms with Crippen molar-refractivity contribution in [1.82, 2.24) is 0 Å². The summed E-state index contributed by atoms with van der Waals surface area (Å²) >= 11 is 0. The first kappa shape index (κ1) is 13.1. The zero-order valence-electron chi connectivity index (χ0n) is 10.9. The Morgan fingerprint density at radius 1 is 1.28 bits per heavy atom. The van der Waals surface area contributed by atoms with Gasteiger partial charge in [0.25, 0.3) is 0 Å². The number of benzene rings is 1. The summed E-state index contributed by atoms with van der Waals surface area (Å²) in [5, 5.41) is 11.3. The zero-order valence-corrected chi connectivity index (χ0v) is 10.9. The first-order chi connectivity index (χ1) is 8.76. The van der Waals surface area contributed by atoms with Crippen LogP contribution in [-0.4, -0.2) is 17.8 Å². The predicted molar refractivity (Wildman–Crippen MR) is 71.5 cm³/mol. The molecular formula is C15H20O3. The maximum Gasteiger partial charge on any atom is 0.138 e. The van der Waals surface area contributed by atoms with Crippen molar-refractivity contribution < 1.29 is 14.3 Å². The third-order valence-corrected chi connectivity index (χ3v) is 3.04. The average Bonchev–Trinajstić information content (AvgIpc) is 2.81. The summed E-state index contributed by atoms with van der Waals surface area (Å²) in [4.78, 5) is 0. The molecule has 98 valence electrons. The van der Waals surface area contributed by atoms with Gasteiger partial charge in [0.2, 0.25) is 0 Å². The molecule has 2 rings (SSSR count). The van der Waals surface area contributed by atoms with Crippen LogP contribution in [0.4, 0.5) is 0 Å². The molecule has 0 aliphatic heterocycles. The molecule has 0 radical (unpaired) electrons. The van der Waals surface area contributed by atoms with Crippen LogP contribution in [0.15, 0.2) is 34.7 Å². The van der Waals surface area contributed by atoms with Gasteiger partial charge in [-0.2, -0.15) is 0 Å². The lowest BCUT2D eigenvalue weighted by Crippen LogP contribution is -2.21. The van der Waals surface area contributed by atoms with Gasteiger partial charge >= 0.3 is 0 Å². The summed E-state index contributed by atoms with van der Waals surface area (Å²) in [6.45, 7) is 4.62. The van der Waals surface area contributed by atoms with Gasteiger partial charge in [-0.1, -0.05) is 31.5 Å². The van der Waals surface area contributed by atoms with Crippen LogP contribution in [0.1, 0.15) is 38.6 Å². The fourth-order valence-electron chi connectivity index (χ4n) is 2.16. The Balaban J connectivity index is 2.22. The molecule has 0 amide bonds. The van der Waals surface area contributed by atoms with E-state index in [2.05, 4.69) is 6.92 Å². The minimum atomic E-state index is -0.697. The normalized spacial score (nSPS) is 14.8. The molecule has 0 aliphatic rings. The maximum atomic E-state index is 10.3. The number of rotatable bonds is 6. The Morgan fingerprint density at radius 2 is 2.06 bits per heavy atom. The Kier molecular flexibility index (Phi) is 4.39. The van der Waals surface area contributed by atoms with E-state index in [4.69, 9.17) is 9.15 Å². The van der Waals surface area contributed by atoms with Gasteiger partial charge in [-0.3, -0.25) is 0 Å². The first-order valence-corrected chi connectivity index (χ1v) is 6.54. The fraction of sp³-hybridized carbons (Fsp3) is 0.467. The maximum absolute atomic E-state index is 10.3. The van der Waals surface area contributed by atoms with Crippen molar-refractivity contribution in [2.24, 2.45) is 0 Å². The predicted octanol–water partition coefficient (Wildman–Crippen LogP) is 3.67. The number of fused-ring (bicyclic) bond motifs is 1. The van der Waals surface area contributed by atoms with Crippen molar-refractivity contribution in [1.29, 1.82) is 0 Å². The van der Waals surface area contributed by atoms with Gasteiger partial charge in [0.05, 0.1) is 6.10 Å². The van der Waals surface area contributed by atoms with E-state index >= 15 is 0 Å². The molecule has 0 spiro atoms. The number of aliphatic hydroxyl groups is 1. The third-order valence-electron chi connectivity index (χ3n) is 3.04. The highest BCUT2D eigenvalue weighted by Crippen LogP contribution is 2.28. The topological polar surface area (TPSA) is 42.6 Å². The van der Waals surface area contributed by atoms with Crippen LogP contribution in [0, 0.1) is 0 Å². The molecule has 1 heterocycles. The van der Waals surface area contributed by atoms with Crippen molar-refractivity contribution in [2.75, 3.05) is 6.61 Å². The number of furan rings is 1. The minimum absolute atomic E-state index is 0.194. The highest BCUT2D eigenvalue weighted by molar-refractivity contribution is 5.77. The van der Waals surface area contributed by atoms with Crippen molar-refractivity contribution in [3.8, 4) is 0 Å². The van der Waals surface area contributed by atoms with Crippen molar-refractivity contribution in [2.45, 2.75) is 38.9 Å². The summed E-state index contributed by atoms with van der Waals surface area (Å²) < 4.78 is 11.3. The van der Waals surface area contributed by atoms with E-state index in [-0.39, 0.29) is 6.10 Å². The third kappa shape index (κ3) is 2.74. The number of aliphatic hydroxyl groups excluding tert-OH is 1. The van der Waals surface area contributed by atoms with Gasteiger partial charge in [0.1, 0.15) is 17.4 Å². The molecule has 2 aromatic rings. The van der Waals surface area contributed by atoms with E-state index in [0.29, 0.717) is 12.4 Å². The molecule has 3 nitrogen and oxygen atoms in total. The van der Waals surface area contributed by atoms with E-state index in [1.807, 2.05) is 37.3 Å². The second-order valence-electron chi connectivity index (χ2n) is 4.41. The van der Waals surface area contributed by atoms with Crippen LogP contribution in [0.5, 0.6) is 0 Å². The minimum Gasteiger partial charge on any atom is -0.458 e. The second kappa shape index (κ2) is 6.03. The summed E-state index contributed by atoms with van der Waals surface area (Å²) in [7, 11) is 0. The lowest BCUT2D eigenvalue weighted by Gasteiger charge is -2.20. The molecule has 2 unspecified atom stereocenters. The summed E-state index contributed by atoms with van der Waals surface area (Å²) in [5.41, 5.74) is 0.804. The number of hydrogen-bond donors (Lipinski definition) is 1. The summed E-state index contributed by atoms with van der Waals surface area (Å²) in [5.74, 6) is 0.586. The van der Waals surface area contributed by atoms with Gasteiger partial charge in [0.15, 0.2) is 0 Å². The smallest absolute Gasteiger partial charge is 0.138 e. The fourth-order valence-corrected chi connectivity index (χ4v) is 2.16. The van der Waals surface area contributed by atoms with Crippen LogP contribution < -0.4 is 0 Å². The van der Waals surface area contributed by atoms with Gasteiger partial charge in [-0.25, -0.2) is 0 Å². The van der Waals surface area contributed by atoms with Crippen molar-refractivity contribution in [3.63, 3.8) is 0 Å². The average molecular weight is 248 g/mol. The highest BCUT2D eigenvalue weighted by Gasteiger charge is 2.23. The molecule has 0 aliphatic carbocycles. The summed E-state index contributed by atoms with van der Waals surface area (Å²) in [6.07, 6.45) is 0.909. The number of para-hydroxylation sites is 1. The quantitative estimate of drug-likeness (QED) is 0.848. The molecule has 0 fully saturated rings. The molecular weight excluding hydrogens is 228 g/mol. The number of ether oxygens (including phenoxy) is 1. The number of hydrogen-bond acceptors (Lipinski definition) is 3. The van der Waals surface area contributed by atoms with Crippen molar-refractivity contribution in [3.05, 3.63) is 36.1 Å². The first-order valence-electron chi connectivity index (χ1n) is 6.54. The Labute approximate surface area is 107 Å². The van der Waals surface area contributed by atoms with E-state index in [0.717, 1.165) is 23.8 Å².